The summed E-state index contributed by atoms with van der Waals surface area (Å²) in [5.74, 6) is 0.609. The van der Waals surface area contributed by atoms with Crippen molar-refractivity contribution in [3.63, 3.8) is 0 Å². The molecule has 0 aromatic heterocycles. The normalized spacial score (nSPS) is 17.7. The maximum Gasteiger partial charge on any atom is 0.401 e. The average molecular weight is 289 g/mol. The largest absolute Gasteiger partial charge is 0.401 e. The highest BCUT2D eigenvalue weighted by atomic mass is 32.1. The second kappa shape index (κ2) is 6.18. The first kappa shape index (κ1) is 14.7. The molecule has 1 nitrogen and oxygen atoms in total. The van der Waals surface area contributed by atoms with E-state index in [0.29, 0.717) is 12.3 Å². The van der Waals surface area contributed by atoms with Gasteiger partial charge in [-0.3, -0.25) is 4.90 Å². The number of rotatable bonds is 6. The Labute approximate surface area is 117 Å². The predicted molar refractivity (Wildman–Crippen MR) is 73.7 cm³/mol. The lowest BCUT2D eigenvalue weighted by Crippen LogP contribution is -2.39. The Morgan fingerprint density at radius 3 is 2.32 bits per heavy atom. The molecule has 0 radical (unpaired) electrons. The highest BCUT2D eigenvalue weighted by molar-refractivity contribution is 7.80. The fourth-order valence-corrected chi connectivity index (χ4v) is 2.62. The van der Waals surface area contributed by atoms with Crippen molar-refractivity contribution in [3.05, 3.63) is 35.9 Å². The van der Waals surface area contributed by atoms with E-state index in [1.54, 1.807) is 4.90 Å². The number of hydrogen-bond donors (Lipinski definition) is 1. The van der Waals surface area contributed by atoms with Crippen LogP contribution in [0, 0.1) is 0 Å². The summed E-state index contributed by atoms with van der Waals surface area (Å²) in [4.78, 5) is 1.56. The van der Waals surface area contributed by atoms with Crippen molar-refractivity contribution in [1.82, 2.24) is 4.90 Å². The number of nitrogens with zero attached hydrogens (tertiary/aromatic N) is 1. The number of alkyl halides is 3. The summed E-state index contributed by atoms with van der Waals surface area (Å²) in [7, 11) is 0. The maximum atomic E-state index is 12.6. The van der Waals surface area contributed by atoms with Crippen molar-refractivity contribution in [2.45, 2.75) is 31.0 Å². The minimum atomic E-state index is -4.12. The number of hydrogen-bond acceptors (Lipinski definition) is 2. The minimum absolute atomic E-state index is 0.0486. The van der Waals surface area contributed by atoms with Crippen LogP contribution in [-0.4, -0.2) is 36.0 Å². The van der Waals surface area contributed by atoms with Gasteiger partial charge in [0.05, 0.1) is 6.54 Å². The molecule has 5 heteroatoms. The van der Waals surface area contributed by atoms with Gasteiger partial charge in [-0.2, -0.15) is 25.8 Å². The zero-order valence-electron chi connectivity index (χ0n) is 10.6. The molecule has 1 aromatic rings. The van der Waals surface area contributed by atoms with Gasteiger partial charge in [-0.1, -0.05) is 30.3 Å². The molecule has 0 N–H and O–H groups in total. The molecular formula is C14H18F3NS. The van der Waals surface area contributed by atoms with Crippen LogP contribution in [0.25, 0.3) is 0 Å². The molecule has 0 aliphatic heterocycles. The quantitative estimate of drug-likeness (QED) is 0.781. The van der Waals surface area contributed by atoms with Gasteiger partial charge in [0.25, 0.3) is 0 Å². The lowest BCUT2D eigenvalue weighted by molar-refractivity contribution is -0.147. The van der Waals surface area contributed by atoms with E-state index in [0.717, 1.165) is 18.4 Å². The molecular weight excluding hydrogens is 271 g/mol. The van der Waals surface area contributed by atoms with E-state index in [4.69, 9.17) is 0 Å². The first-order chi connectivity index (χ1) is 8.99. The summed E-state index contributed by atoms with van der Waals surface area (Å²) in [6.07, 6.45) is -2.37. The standard InChI is InChI=1S/C14H18F3NS/c15-14(16,17)10-18(13-6-7-13)8-12(9-19)11-4-2-1-3-5-11/h1-5,12-13,19H,6-10H2. The molecule has 1 atom stereocenters. The van der Waals surface area contributed by atoms with Crippen LogP contribution in [0.3, 0.4) is 0 Å². The van der Waals surface area contributed by atoms with Crippen molar-refractivity contribution in [2.75, 3.05) is 18.8 Å². The van der Waals surface area contributed by atoms with Crippen LogP contribution in [0.1, 0.15) is 24.3 Å². The third-order valence-corrected chi connectivity index (χ3v) is 3.83. The smallest absolute Gasteiger partial charge is 0.291 e. The lowest BCUT2D eigenvalue weighted by atomic mass is 10.0. The molecule has 1 unspecified atom stereocenters. The van der Waals surface area contributed by atoms with Crippen molar-refractivity contribution in [3.8, 4) is 0 Å². The molecule has 19 heavy (non-hydrogen) atoms. The maximum absolute atomic E-state index is 12.6. The minimum Gasteiger partial charge on any atom is -0.291 e. The zero-order chi connectivity index (χ0) is 13.9. The van der Waals surface area contributed by atoms with Crippen LogP contribution in [-0.2, 0) is 0 Å². The first-order valence-electron chi connectivity index (χ1n) is 6.46. The van der Waals surface area contributed by atoms with E-state index in [-0.39, 0.29) is 12.0 Å². The molecule has 106 valence electrons. The van der Waals surface area contributed by atoms with Gasteiger partial charge in [0.15, 0.2) is 0 Å². The predicted octanol–water partition coefficient (Wildman–Crippen LogP) is 3.73. The van der Waals surface area contributed by atoms with Crippen LogP contribution < -0.4 is 0 Å². The van der Waals surface area contributed by atoms with Gasteiger partial charge in [-0.25, -0.2) is 0 Å². The summed E-state index contributed by atoms with van der Waals surface area (Å²) >= 11 is 4.29. The Balaban J connectivity index is 2.02. The Hall–Kier alpha value is -0.680. The van der Waals surface area contributed by atoms with Crippen LogP contribution in [0.15, 0.2) is 30.3 Å². The molecule has 0 spiro atoms. The molecule has 0 heterocycles. The van der Waals surface area contributed by atoms with E-state index >= 15 is 0 Å². The lowest BCUT2D eigenvalue weighted by Gasteiger charge is -2.27. The number of thiol groups is 1. The molecule has 1 saturated carbocycles. The monoisotopic (exact) mass is 289 g/mol. The fourth-order valence-electron chi connectivity index (χ4n) is 2.29. The third-order valence-electron chi connectivity index (χ3n) is 3.39. The summed E-state index contributed by atoms with van der Waals surface area (Å²) in [5, 5.41) is 0. The van der Waals surface area contributed by atoms with Crippen LogP contribution >= 0.6 is 12.6 Å². The third kappa shape index (κ3) is 4.73. The van der Waals surface area contributed by atoms with E-state index in [9.17, 15) is 13.2 Å². The van der Waals surface area contributed by atoms with E-state index in [2.05, 4.69) is 12.6 Å². The second-order valence-corrected chi connectivity index (χ2v) is 5.43. The van der Waals surface area contributed by atoms with Gasteiger partial charge in [0.2, 0.25) is 0 Å². The highest BCUT2D eigenvalue weighted by Crippen LogP contribution is 2.32. The van der Waals surface area contributed by atoms with E-state index in [1.165, 1.54) is 0 Å². The van der Waals surface area contributed by atoms with Crippen LogP contribution in [0.4, 0.5) is 13.2 Å². The van der Waals surface area contributed by atoms with Gasteiger partial charge in [0, 0.05) is 18.5 Å². The van der Waals surface area contributed by atoms with Gasteiger partial charge in [-0.05, 0) is 24.2 Å². The Morgan fingerprint density at radius 1 is 1.21 bits per heavy atom. The number of benzene rings is 1. The van der Waals surface area contributed by atoms with Crippen LogP contribution in [0.2, 0.25) is 0 Å². The molecule has 1 aromatic carbocycles. The fraction of sp³-hybridized carbons (Fsp3) is 0.571. The molecule has 1 aliphatic carbocycles. The molecule has 0 saturated heterocycles. The van der Waals surface area contributed by atoms with E-state index in [1.807, 2.05) is 30.3 Å². The SMILES string of the molecule is FC(F)(F)CN(CC(CS)c1ccccc1)C1CC1. The van der Waals surface area contributed by atoms with E-state index < -0.39 is 12.7 Å². The highest BCUT2D eigenvalue weighted by Gasteiger charge is 2.38. The van der Waals surface area contributed by atoms with Gasteiger partial charge < -0.3 is 0 Å². The first-order valence-corrected chi connectivity index (χ1v) is 7.09. The van der Waals surface area contributed by atoms with Gasteiger partial charge in [0.1, 0.15) is 0 Å². The number of halogens is 3. The van der Waals surface area contributed by atoms with Crippen molar-refractivity contribution >= 4 is 12.6 Å². The second-order valence-electron chi connectivity index (χ2n) is 5.07. The zero-order valence-corrected chi connectivity index (χ0v) is 11.5. The Kier molecular flexibility index (Phi) is 4.79. The summed E-state index contributed by atoms with van der Waals surface area (Å²) < 4.78 is 37.8. The summed E-state index contributed by atoms with van der Waals surface area (Å²) in [5.41, 5.74) is 1.06. The summed E-state index contributed by atoms with van der Waals surface area (Å²) in [6, 6.07) is 9.76. The van der Waals surface area contributed by atoms with Crippen molar-refractivity contribution in [1.29, 1.82) is 0 Å². The summed E-state index contributed by atoms with van der Waals surface area (Å²) in [6.45, 7) is -0.382. The average Bonchev–Trinajstić information content (AvgIpc) is 3.18. The molecule has 0 amide bonds. The van der Waals surface area contributed by atoms with Gasteiger partial charge >= 0.3 is 6.18 Å². The molecule has 0 bridgehead atoms. The molecule has 2 rings (SSSR count). The Bertz CT molecular complexity index is 389. The molecule has 1 aliphatic rings. The molecule has 1 fully saturated rings. The van der Waals surface area contributed by atoms with Crippen molar-refractivity contribution in [2.24, 2.45) is 0 Å². The van der Waals surface area contributed by atoms with Crippen LogP contribution in [0.5, 0.6) is 0 Å². The van der Waals surface area contributed by atoms with Gasteiger partial charge in [-0.15, -0.1) is 0 Å². The topological polar surface area (TPSA) is 3.24 Å². The van der Waals surface area contributed by atoms with Crippen molar-refractivity contribution < 1.29 is 13.2 Å². The Morgan fingerprint density at radius 2 is 1.84 bits per heavy atom.